The largest absolute Gasteiger partial charge is 0.319 e. The standard InChI is InChI=1S/C22H19BrF2N2O3S/c1-3-27(16-6-4-5-14(2)11-16)31(29,30)17-8-9-19(24)18(13-17)22(28)26-21-10-7-15(23)12-20(21)25/h4-13H,3H2,1-2H3,(H,26,28). The Bertz CT molecular complexity index is 1250. The number of nitrogens with one attached hydrogen (secondary N) is 1. The first-order valence-electron chi connectivity index (χ1n) is 9.29. The van der Waals surface area contributed by atoms with Gasteiger partial charge in [-0.3, -0.25) is 9.10 Å². The van der Waals surface area contributed by atoms with Gasteiger partial charge < -0.3 is 5.32 Å². The van der Waals surface area contributed by atoms with Crippen molar-refractivity contribution in [3.63, 3.8) is 0 Å². The van der Waals surface area contributed by atoms with E-state index in [9.17, 15) is 22.0 Å². The maximum Gasteiger partial charge on any atom is 0.264 e. The summed E-state index contributed by atoms with van der Waals surface area (Å²) in [5.74, 6) is -2.61. The molecule has 9 heteroatoms. The number of halogens is 3. The Morgan fingerprint density at radius 2 is 1.77 bits per heavy atom. The molecular formula is C22H19BrF2N2O3S. The molecule has 0 bridgehead atoms. The van der Waals surface area contributed by atoms with Crippen LogP contribution in [0.4, 0.5) is 20.2 Å². The minimum Gasteiger partial charge on any atom is -0.319 e. The van der Waals surface area contributed by atoms with Gasteiger partial charge in [-0.25, -0.2) is 17.2 Å². The molecule has 0 fully saturated rings. The van der Waals surface area contributed by atoms with Gasteiger partial charge in [0.15, 0.2) is 0 Å². The lowest BCUT2D eigenvalue weighted by atomic mass is 10.2. The molecule has 31 heavy (non-hydrogen) atoms. The van der Waals surface area contributed by atoms with E-state index >= 15 is 0 Å². The lowest BCUT2D eigenvalue weighted by molar-refractivity contribution is 0.102. The van der Waals surface area contributed by atoms with Crippen molar-refractivity contribution in [2.75, 3.05) is 16.2 Å². The Kier molecular flexibility index (Phi) is 6.76. The van der Waals surface area contributed by atoms with Gasteiger partial charge in [0.25, 0.3) is 15.9 Å². The molecule has 3 aromatic rings. The summed E-state index contributed by atoms with van der Waals surface area (Å²) >= 11 is 3.11. The number of hydrogen-bond acceptors (Lipinski definition) is 3. The van der Waals surface area contributed by atoms with Crippen molar-refractivity contribution in [1.29, 1.82) is 0 Å². The van der Waals surface area contributed by atoms with Crippen LogP contribution < -0.4 is 9.62 Å². The van der Waals surface area contributed by atoms with Crippen LogP contribution in [0.1, 0.15) is 22.8 Å². The second kappa shape index (κ2) is 9.15. The third kappa shape index (κ3) is 4.94. The van der Waals surface area contributed by atoms with E-state index in [1.807, 2.05) is 13.0 Å². The molecular weight excluding hydrogens is 490 g/mol. The molecule has 1 N–H and O–H groups in total. The van der Waals surface area contributed by atoms with Crippen molar-refractivity contribution < 1.29 is 22.0 Å². The third-order valence-electron chi connectivity index (χ3n) is 4.53. The number of nitrogens with zero attached hydrogens (tertiary/aromatic N) is 1. The maximum atomic E-state index is 14.4. The molecule has 3 rings (SSSR count). The first-order valence-corrected chi connectivity index (χ1v) is 11.5. The van der Waals surface area contributed by atoms with Gasteiger partial charge in [-0.15, -0.1) is 0 Å². The van der Waals surface area contributed by atoms with Crippen LogP contribution in [0.5, 0.6) is 0 Å². The molecule has 1 amide bonds. The van der Waals surface area contributed by atoms with Crippen LogP contribution in [0.2, 0.25) is 0 Å². The van der Waals surface area contributed by atoms with E-state index in [2.05, 4.69) is 21.2 Å². The van der Waals surface area contributed by atoms with Crippen molar-refractivity contribution in [1.82, 2.24) is 0 Å². The fourth-order valence-corrected chi connectivity index (χ4v) is 4.85. The molecule has 0 unspecified atom stereocenters. The Morgan fingerprint density at radius 1 is 1.03 bits per heavy atom. The second-order valence-corrected chi connectivity index (χ2v) is 9.51. The molecule has 0 aliphatic carbocycles. The summed E-state index contributed by atoms with van der Waals surface area (Å²) in [5.41, 5.74) is 0.663. The predicted octanol–water partition coefficient (Wildman–Crippen LogP) is 5.50. The van der Waals surface area contributed by atoms with Crippen molar-refractivity contribution in [3.8, 4) is 0 Å². The van der Waals surface area contributed by atoms with Gasteiger partial charge in [-0.2, -0.15) is 0 Å². The van der Waals surface area contributed by atoms with Crippen LogP contribution in [0.15, 0.2) is 70.0 Å². The normalized spacial score (nSPS) is 11.3. The van der Waals surface area contributed by atoms with Crippen LogP contribution in [0.3, 0.4) is 0 Å². The first kappa shape index (κ1) is 22.9. The Morgan fingerprint density at radius 3 is 2.42 bits per heavy atom. The summed E-state index contributed by atoms with van der Waals surface area (Å²) in [6.45, 7) is 3.65. The van der Waals surface area contributed by atoms with E-state index in [1.54, 1.807) is 25.1 Å². The molecule has 0 atom stereocenters. The minimum atomic E-state index is -4.07. The van der Waals surface area contributed by atoms with Crippen LogP contribution in [0, 0.1) is 18.6 Å². The van der Waals surface area contributed by atoms with Crippen LogP contribution in [0.25, 0.3) is 0 Å². The van der Waals surface area contributed by atoms with Crippen molar-refractivity contribution in [2.45, 2.75) is 18.7 Å². The van der Waals surface area contributed by atoms with Crippen molar-refractivity contribution in [3.05, 3.63) is 87.9 Å². The van der Waals surface area contributed by atoms with Gasteiger partial charge >= 0.3 is 0 Å². The topological polar surface area (TPSA) is 66.5 Å². The fourth-order valence-electron chi connectivity index (χ4n) is 3.02. The summed E-state index contributed by atoms with van der Waals surface area (Å²) in [6, 6.07) is 13.9. The van der Waals surface area contributed by atoms with E-state index in [0.29, 0.717) is 10.2 Å². The molecule has 0 aromatic heterocycles. The zero-order valence-electron chi connectivity index (χ0n) is 16.7. The number of hydrogen-bond donors (Lipinski definition) is 1. The smallest absolute Gasteiger partial charge is 0.264 e. The first-order chi connectivity index (χ1) is 14.6. The number of aryl methyl sites for hydroxylation is 1. The van der Waals surface area contributed by atoms with E-state index < -0.39 is 33.1 Å². The molecule has 0 spiro atoms. The number of rotatable bonds is 6. The summed E-state index contributed by atoms with van der Waals surface area (Å²) in [5, 5.41) is 2.27. The summed E-state index contributed by atoms with van der Waals surface area (Å²) in [6.07, 6.45) is 0. The summed E-state index contributed by atoms with van der Waals surface area (Å²) in [4.78, 5) is 12.3. The van der Waals surface area contributed by atoms with Gasteiger partial charge in [-0.05, 0) is 67.9 Å². The Hall–Kier alpha value is -2.78. The highest BCUT2D eigenvalue weighted by molar-refractivity contribution is 9.10. The number of sulfonamides is 1. The predicted molar refractivity (Wildman–Crippen MR) is 120 cm³/mol. The summed E-state index contributed by atoms with van der Waals surface area (Å²) in [7, 11) is -4.07. The fraction of sp³-hybridized carbons (Fsp3) is 0.136. The number of carbonyl (C=O) groups is 1. The number of amides is 1. The van der Waals surface area contributed by atoms with Crippen LogP contribution >= 0.6 is 15.9 Å². The van der Waals surface area contributed by atoms with Gasteiger partial charge in [0.05, 0.1) is 21.8 Å². The minimum absolute atomic E-state index is 0.134. The van der Waals surface area contributed by atoms with E-state index in [-0.39, 0.29) is 17.1 Å². The molecule has 162 valence electrons. The van der Waals surface area contributed by atoms with E-state index in [1.165, 1.54) is 16.4 Å². The average Bonchev–Trinajstić information content (AvgIpc) is 2.70. The molecule has 0 heterocycles. The maximum absolute atomic E-state index is 14.4. The zero-order chi connectivity index (χ0) is 22.8. The zero-order valence-corrected chi connectivity index (χ0v) is 19.1. The molecule has 0 aliphatic heterocycles. The second-order valence-electron chi connectivity index (χ2n) is 6.73. The van der Waals surface area contributed by atoms with Crippen LogP contribution in [-0.2, 0) is 10.0 Å². The van der Waals surface area contributed by atoms with Gasteiger partial charge in [0, 0.05) is 11.0 Å². The molecule has 5 nitrogen and oxygen atoms in total. The lowest BCUT2D eigenvalue weighted by Crippen LogP contribution is -2.31. The molecule has 0 saturated carbocycles. The molecule has 0 saturated heterocycles. The number of carbonyl (C=O) groups excluding carboxylic acids is 1. The lowest BCUT2D eigenvalue weighted by Gasteiger charge is -2.23. The Labute approximate surface area is 187 Å². The van der Waals surface area contributed by atoms with Gasteiger partial charge in [0.1, 0.15) is 11.6 Å². The van der Waals surface area contributed by atoms with Gasteiger partial charge in [-0.1, -0.05) is 28.1 Å². The van der Waals surface area contributed by atoms with Crippen molar-refractivity contribution >= 4 is 43.2 Å². The van der Waals surface area contributed by atoms with Gasteiger partial charge in [0.2, 0.25) is 0 Å². The molecule has 0 radical (unpaired) electrons. The third-order valence-corrected chi connectivity index (χ3v) is 6.92. The highest BCUT2D eigenvalue weighted by Crippen LogP contribution is 2.26. The number of anilines is 2. The van der Waals surface area contributed by atoms with Crippen LogP contribution in [-0.4, -0.2) is 20.9 Å². The monoisotopic (exact) mass is 508 g/mol. The van der Waals surface area contributed by atoms with E-state index in [4.69, 9.17) is 0 Å². The highest BCUT2D eigenvalue weighted by atomic mass is 79.9. The quantitative estimate of drug-likeness (QED) is 0.477. The van der Waals surface area contributed by atoms with Crippen molar-refractivity contribution in [2.24, 2.45) is 0 Å². The molecule has 3 aromatic carbocycles. The summed E-state index contributed by atoms with van der Waals surface area (Å²) < 4.78 is 56.5. The highest BCUT2D eigenvalue weighted by Gasteiger charge is 2.26. The Balaban J connectivity index is 1.98. The van der Waals surface area contributed by atoms with E-state index in [0.717, 1.165) is 29.8 Å². The average molecular weight is 509 g/mol. The molecule has 0 aliphatic rings. The SMILES string of the molecule is CCN(c1cccc(C)c1)S(=O)(=O)c1ccc(F)c(C(=O)Nc2ccc(Br)cc2F)c1. The number of benzene rings is 3.